The second-order valence-electron chi connectivity index (χ2n) is 11.6. The van der Waals surface area contributed by atoms with Crippen molar-refractivity contribution in [1.29, 1.82) is 0 Å². The number of imidazole rings is 1. The van der Waals surface area contributed by atoms with Gasteiger partial charge in [0.15, 0.2) is 29.4 Å². The maximum absolute atomic E-state index is 15.9. The van der Waals surface area contributed by atoms with Gasteiger partial charge in [-0.1, -0.05) is 36.4 Å². The van der Waals surface area contributed by atoms with Crippen molar-refractivity contribution in [3.63, 3.8) is 0 Å². The maximum atomic E-state index is 15.9. The van der Waals surface area contributed by atoms with E-state index in [-0.39, 0.29) is 11.4 Å². The van der Waals surface area contributed by atoms with Crippen LogP contribution in [0.4, 0.5) is 10.2 Å². The van der Waals surface area contributed by atoms with Crippen LogP contribution in [0.15, 0.2) is 48.8 Å². The zero-order valence-corrected chi connectivity index (χ0v) is 27.9. The summed E-state index contributed by atoms with van der Waals surface area (Å²) in [4.78, 5) is 27.6. The third-order valence-electron chi connectivity index (χ3n) is 7.41. The van der Waals surface area contributed by atoms with Crippen molar-refractivity contribution in [3.8, 4) is 5.75 Å². The van der Waals surface area contributed by atoms with Crippen LogP contribution in [-0.4, -0.2) is 87.2 Å². The normalized spacial score (nSPS) is 23.5. The number of rotatable bonds is 12. The predicted octanol–water partition coefficient (Wildman–Crippen LogP) is 4.69. The molecule has 1 saturated heterocycles. The molecule has 0 spiro atoms. The van der Waals surface area contributed by atoms with Gasteiger partial charge < -0.3 is 24.0 Å². The third-order valence-corrected chi connectivity index (χ3v) is 9.47. The van der Waals surface area contributed by atoms with Gasteiger partial charge in [-0.05, 0) is 39.1 Å². The first-order chi connectivity index (χ1) is 21.8. The topological polar surface area (TPSA) is 150 Å². The van der Waals surface area contributed by atoms with E-state index in [9.17, 15) is 14.5 Å². The molecule has 0 saturated carbocycles. The highest BCUT2D eigenvalue weighted by Gasteiger charge is 2.57. The Morgan fingerprint density at radius 2 is 1.93 bits per heavy atom. The van der Waals surface area contributed by atoms with Gasteiger partial charge in [-0.3, -0.25) is 13.9 Å². The molecule has 248 valence electrons. The van der Waals surface area contributed by atoms with Gasteiger partial charge in [-0.15, -0.1) is 11.6 Å². The summed E-state index contributed by atoms with van der Waals surface area (Å²) in [6, 6.07) is 11.3. The number of aliphatic hydroxyl groups is 1. The van der Waals surface area contributed by atoms with E-state index in [0.29, 0.717) is 22.5 Å². The number of carbonyl (C=O) groups excluding carboxylic acids is 1. The number of hydrogen-bond acceptors (Lipinski definition) is 11. The molecule has 2 aromatic heterocycles. The van der Waals surface area contributed by atoms with Crippen molar-refractivity contribution in [3.05, 3.63) is 54.6 Å². The Labute approximate surface area is 270 Å². The largest absolute Gasteiger partial charge is 0.462 e. The van der Waals surface area contributed by atoms with Crippen LogP contribution in [0.2, 0.25) is 0 Å². The highest BCUT2D eigenvalue weighted by Crippen LogP contribution is 2.50. The first-order valence-corrected chi connectivity index (χ1v) is 16.7. The number of esters is 1. The highest BCUT2D eigenvalue weighted by molar-refractivity contribution is 7.52. The molecule has 2 N–H and O–H groups in total. The number of benzene rings is 2. The average molecular weight is 679 g/mol. The minimum Gasteiger partial charge on any atom is -0.462 e. The molecule has 5 rings (SSSR count). The first-order valence-electron chi connectivity index (χ1n) is 14.6. The number of hydrogen-bond donors (Lipinski definition) is 2. The van der Waals surface area contributed by atoms with Crippen molar-refractivity contribution in [1.82, 2.24) is 24.6 Å². The zero-order valence-electron chi connectivity index (χ0n) is 26.3. The second-order valence-corrected chi connectivity index (χ2v) is 13.5. The molecule has 1 fully saturated rings. The second kappa shape index (κ2) is 13.4. The van der Waals surface area contributed by atoms with E-state index in [0.717, 1.165) is 5.39 Å². The molecule has 16 heteroatoms. The number of alkyl halides is 2. The Hall–Kier alpha value is -3.39. The number of nitrogens with one attached hydrogen (secondary N) is 1. The lowest BCUT2D eigenvalue weighted by Gasteiger charge is -2.31. The van der Waals surface area contributed by atoms with Gasteiger partial charge in [0.25, 0.3) is 0 Å². The fraction of sp³-hybridized carbons (Fsp3) is 0.467. The van der Waals surface area contributed by atoms with Crippen molar-refractivity contribution in [2.45, 2.75) is 63.9 Å². The predicted molar refractivity (Wildman–Crippen MR) is 171 cm³/mol. The summed E-state index contributed by atoms with van der Waals surface area (Å²) in [7, 11) is -0.882. The van der Waals surface area contributed by atoms with Gasteiger partial charge in [0.1, 0.15) is 29.3 Å². The monoisotopic (exact) mass is 678 g/mol. The Kier molecular flexibility index (Phi) is 9.88. The number of aromatic nitrogens is 4. The van der Waals surface area contributed by atoms with Crippen LogP contribution in [0.25, 0.3) is 21.9 Å². The van der Waals surface area contributed by atoms with Crippen LogP contribution in [0.1, 0.15) is 32.8 Å². The summed E-state index contributed by atoms with van der Waals surface area (Å²) >= 11 is 6.33. The molecular weight excluding hydrogens is 642 g/mol. The van der Waals surface area contributed by atoms with Gasteiger partial charge >= 0.3 is 13.7 Å². The SMILES string of the molecule is Cc1nc(N(C)C)c2ncn([C@@H]3O[C@](CCl)(COP(=O)(N[C@@H](C)C(=O)OC(C)C)Oc4cccc5ccccc45)[C@@H](O)[C@@H]3F)c2n1. The molecule has 0 amide bonds. The van der Waals surface area contributed by atoms with E-state index >= 15 is 4.39 Å². The summed E-state index contributed by atoms with van der Waals surface area (Å²) < 4.78 is 54.8. The molecule has 1 aliphatic rings. The van der Waals surface area contributed by atoms with Crippen LogP contribution in [0.5, 0.6) is 5.75 Å². The van der Waals surface area contributed by atoms with Crippen LogP contribution >= 0.6 is 19.3 Å². The molecule has 0 aliphatic carbocycles. The number of halogens is 2. The van der Waals surface area contributed by atoms with Gasteiger partial charge in [0.2, 0.25) is 0 Å². The minimum atomic E-state index is -4.46. The molecule has 3 heterocycles. The van der Waals surface area contributed by atoms with E-state index < -0.39 is 62.5 Å². The Morgan fingerprint density at radius 1 is 1.22 bits per heavy atom. The minimum absolute atomic E-state index is 0.198. The molecule has 0 bridgehead atoms. The number of carbonyl (C=O) groups is 1. The van der Waals surface area contributed by atoms with E-state index in [4.69, 9.17) is 30.1 Å². The van der Waals surface area contributed by atoms with E-state index in [1.807, 2.05) is 18.2 Å². The molecule has 0 radical (unpaired) electrons. The summed E-state index contributed by atoms with van der Waals surface area (Å²) in [5.41, 5.74) is -1.21. The first kappa shape index (κ1) is 34.0. The lowest BCUT2D eigenvalue weighted by atomic mass is 9.99. The molecular formula is C30H37ClFN6O7P. The van der Waals surface area contributed by atoms with Crippen LogP contribution in [0.3, 0.4) is 0 Å². The maximum Gasteiger partial charge on any atom is 0.459 e. The molecule has 46 heavy (non-hydrogen) atoms. The zero-order chi connectivity index (χ0) is 33.4. The Bertz CT molecular complexity index is 1770. The van der Waals surface area contributed by atoms with Gasteiger partial charge in [0, 0.05) is 19.5 Å². The number of ether oxygens (including phenoxy) is 2. The van der Waals surface area contributed by atoms with Gasteiger partial charge in [0.05, 0.1) is 24.9 Å². The van der Waals surface area contributed by atoms with E-state index in [1.165, 1.54) is 17.8 Å². The van der Waals surface area contributed by atoms with E-state index in [2.05, 4.69) is 20.0 Å². The van der Waals surface area contributed by atoms with Gasteiger partial charge in [-0.2, -0.15) is 5.09 Å². The molecule has 6 atom stereocenters. The van der Waals surface area contributed by atoms with Crippen LogP contribution in [-0.2, 0) is 23.4 Å². The number of anilines is 1. The van der Waals surface area contributed by atoms with Crippen molar-refractivity contribution in [2.24, 2.45) is 0 Å². The lowest BCUT2D eigenvalue weighted by molar-refractivity contribution is -0.149. The Morgan fingerprint density at radius 3 is 2.63 bits per heavy atom. The summed E-state index contributed by atoms with van der Waals surface area (Å²) in [6.07, 6.45) is -4.34. The van der Waals surface area contributed by atoms with E-state index in [1.54, 1.807) is 64.0 Å². The van der Waals surface area contributed by atoms with Crippen LogP contribution < -0.4 is 14.5 Å². The number of aliphatic hydroxyl groups excluding tert-OH is 1. The summed E-state index contributed by atoms with van der Waals surface area (Å²) in [6.45, 7) is 5.81. The highest BCUT2D eigenvalue weighted by atomic mass is 35.5. The summed E-state index contributed by atoms with van der Waals surface area (Å²) in [5, 5.41) is 15.2. The smallest absolute Gasteiger partial charge is 0.459 e. The quantitative estimate of drug-likeness (QED) is 0.122. The Balaban J connectivity index is 1.46. The number of fused-ring (bicyclic) bond motifs is 2. The molecule has 2 aromatic carbocycles. The molecule has 1 unspecified atom stereocenters. The van der Waals surface area contributed by atoms with Crippen LogP contribution in [0, 0.1) is 6.92 Å². The standard InChI is InChI=1S/C30H37ClFN6O7P/c1-17(2)43-29(40)18(3)36-46(41,45-22-13-9-11-20-10-7-8-12-21(20)22)42-15-30(14-31)25(39)23(32)28(44-30)38-16-33-24-26(37(5)6)34-19(4)35-27(24)38/h7-13,16-18,23,25,28,39H,14-15H2,1-6H3,(H,36,41)/t18-,23-,25-,28+,30+,46?/m0/s1. The number of aryl methyl sites for hydroxylation is 1. The lowest BCUT2D eigenvalue weighted by Crippen LogP contribution is -2.48. The average Bonchev–Trinajstić information content (AvgIpc) is 3.53. The van der Waals surface area contributed by atoms with Gasteiger partial charge in [-0.25, -0.2) is 23.9 Å². The molecule has 4 aromatic rings. The van der Waals surface area contributed by atoms with Crippen molar-refractivity contribution >= 4 is 53.1 Å². The fourth-order valence-electron chi connectivity index (χ4n) is 5.12. The van der Waals surface area contributed by atoms with Crippen molar-refractivity contribution in [2.75, 3.05) is 31.5 Å². The van der Waals surface area contributed by atoms with Crippen molar-refractivity contribution < 1.29 is 37.4 Å². The third kappa shape index (κ3) is 6.69. The molecule has 13 nitrogen and oxygen atoms in total. The molecule has 1 aliphatic heterocycles. The fourth-order valence-corrected chi connectivity index (χ4v) is 6.98. The summed E-state index contributed by atoms with van der Waals surface area (Å²) in [5.74, 6) is -0.0151. The number of nitrogens with zero attached hydrogens (tertiary/aromatic N) is 5.